The van der Waals surface area contributed by atoms with Crippen LogP contribution in [0.3, 0.4) is 0 Å². The van der Waals surface area contributed by atoms with Gasteiger partial charge in [-0.25, -0.2) is 0 Å². The van der Waals surface area contributed by atoms with E-state index in [-0.39, 0.29) is 18.1 Å². The van der Waals surface area contributed by atoms with Crippen molar-refractivity contribution in [2.75, 3.05) is 25.0 Å². The predicted octanol–water partition coefficient (Wildman–Crippen LogP) is 1.77. The second-order valence-corrected chi connectivity index (χ2v) is 5.62. The molecule has 2 N–H and O–H groups in total. The highest BCUT2D eigenvalue weighted by Gasteiger charge is 2.30. The molecule has 1 aromatic rings. The van der Waals surface area contributed by atoms with Gasteiger partial charge in [-0.1, -0.05) is 0 Å². The van der Waals surface area contributed by atoms with Gasteiger partial charge in [0.1, 0.15) is 0 Å². The van der Waals surface area contributed by atoms with Crippen LogP contribution in [-0.2, 0) is 20.6 Å². The van der Waals surface area contributed by atoms with E-state index in [1.54, 1.807) is 4.90 Å². The highest BCUT2D eigenvalue weighted by Crippen LogP contribution is 2.29. The molecule has 9 heteroatoms. The Bertz CT molecular complexity index is 644. The summed E-state index contributed by atoms with van der Waals surface area (Å²) >= 11 is 0. The molecule has 6 nitrogen and oxygen atoms in total. The van der Waals surface area contributed by atoms with E-state index in [1.807, 2.05) is 0 Å². The summed E-state index contributed by atoms with van der Waals surface area (Å²) in [6.07, 6.45) is -2.57. The summed E-state index contributed by atoms with van der Waals surface area (Å²) in [5.41, 5.74) is -0.748. The normalized spacial score (nSPS) is 14.5. The van der Waals surface area contributed by atoms with Gasteiger partial charge >= 0.3 is 18.0 Å². The first kappa shape index (κ1) is 18.8. The Hall–Kier alpha value is -2.58. The van der Waals surface area contributed by atoms with Gasteiger partial charge in [-0.05, 0) is 37.1 Å². The standard InChI is InChI=1S/C16H18F3N3O3/c17-16(18,19)11-4-6-12(7-5-11)21-15(25)14(24)20-8-2-10-22-9-1-3-13(22)23/h4-7H,1-3,8-10H2,(H,20,24)(H,21,25). The number of nitrogens with one attached hydrogen (secondary N) is 2. The lowest BCUT2D eigenvalue weighted by Crippen LogP contribution is -2.37. The van der Waals surface area contributed by atoms with E-state index >= 15 is 0 Å². The molecule has 1 aliphatic rings. The predicted molar refractivity (Wildman–Crippen MR) is 83.5 cm³/mol. The van der Waals surface area contributed by atoms with Gasteiger partial charge < -0.3 is 15.5 Å². The number of hydrogen-bond donors (Lipinski definition) is 2. The van der Waals surface area contributed by atoms with Gasteiger partial charge in [0.2, 0.25) is 5.91 Å². The lowest BCUT2D eigenvalue weighted by atomic mass is 10.2. The van der Waals surface area contributed by atoms with Crippen LogP contribution in [-0.4, -0.2) is 42.3 Å². The monoisotopic (exact) mass is 357 g/mol. The molecule has 1 aromatic carbocycles. The first-order valence-electron chi connectivity index (χ1n) is 7.81. The summed E-state index contributed by atoms with van der Waals surface area (Å²) < 4.78 is 37.3. The summed E-state index contributed by atoms with van der Waals surface area (Å²) in [6, 6.07) is 3.79. The lowest BCUT2D eigenvalue weighted by Gasteiger charge is -2.15. The molecule has 3 amide bonds. The van der Waals surface area contributed by atoms with Crippen LogP contribution in [0.25, 0.3) is 0 Å². The number of anilines is 1. The largest absolute Gasteiger partial charge is 0.416 e. The molecule has 136 valence electrons. The zero-order valence-corrected chi connectivity index (χ0v) is 13.4. The topological polar surface area (TPSA) is 78.5 Å². The minimum atomic E-state index is -4.46. The number of nitrogens with zero attached hydrogens (tertiary/aromatic N) is 1. The number of alkyl halides is 3. The Morgan fingerprint density at radius 2 is 1.80 bits per heavy atom. The van der Waals surface area contributed by atoms with Crippen LogP contribution in [0.5, 0.6) is 0 Å². The molecule has 0 spiro atoms. The molecule has 1 heterocycles. The Morgan fingerprint density at radius 3 is 2.36 bits per heavy atom. The maximum atomic E-state index is 12.4. The molecule has 0 saturated carbocycles. The molecule has 25 heavy (non-hydrogen) atoms. The number of rotatable bonds is 5. The minimum Gasteiger partial charge on any atom is -0.348 e. The maximum absolute atomic E-state index is 12.4. The third-order valence-electron chi connectivity index (χ3n) is 3.74. The second-order valence-electron chi connectivity index (χ2n) is 5.62. The quantitative estimate of drug-likeness (QED) is 0.623. The molecule has 0 atom stereocenters. The van der Waals surface area contributed by atoms with Crippen molar-refractivity contribution in [2.45, 2.75) is 25.4 Å². The van der Waals surface area contributed by atoms with E-state index in [1.165, 1.54) is 0 Å². The van der Waals surface area contributed by atoms with E-state index in [0.29, 0.717) is 25.9 Å². The van der Waals surface area contributed by atoms with Crippen molar-refractivity contribution in [1.82, 2.24) is 10.2 Å². The van der Waals surface area contributed by atoms with Gasteiger partial charge in [0.25, 0.3) is 0 Å². The average molecular weight is 357 g/mol. The molecule has 1 saturated heterocycles. The van der Waals surface area contributed by atoms with Crippen LogP contribution in [0, 0.1) is 0 Å². The first-order chi connectivity index (χ1) is 11.8. The van der Waals surface area contributed by atoms with Crippen LogP contribution >= 0.6 is 0 Å². The fourth-order valence-electron chi connectivity index (χ4n) is 2.42. The molecule has 1 fully saturated rings. The highest BCUT2D eigenvalue weighted by molar-refractivity contribution is 6.39. The SMILES string of the molecule is O=C(NCCCN1CCCC1=O)C(=O)Nc1ccc(C(F)(F)F)cc1. The number of carbonyl (C=O) groups excluding carboxylic acids is 3. The minimum absolute atomic E-state index is 0.0892. The Balaban J connectivity index is 1.72. The zero-order chi connectivity index (χ0) is 18.4. The lowest BCUT2D eigenvalue weighted by molar-refractivity contribution is -0.137. The molecule has 0 radical (unpaired) electrons. The van der Waals surface area contributed by atoms with E-state index in [9.17, 15) is 27.6 Å². The summed E-state index contributed by atoms with van der Waals surface area (Å²) in [5.74, 6) is -1.75. The molecular weight excluding hydrogens is 339 g/mol. The fourth-order valence-corrected chi connectivity index (χ4v) is 2.42. The number of hydrogen-bond acceptors (Lipinski definition) is 3. The molecule has 0 aromatic heterocycles. The Labute approximate surface area is 142 Å². The van der Waals surface area contributed by atoms with Crippen LogP contribution in [0.2, 0.25) is 0 Å². The molecule has 2 rings (SSSR count). The number of amides is 3. The Kier molecular flexibility index (Phi) is 6.00. The molecule has 0 aliphatic carbocycles. The van der Waals surface area contributed by atoms with Gasteiger partial charge in [0.15, 0.2) is 0 Å². The smallest absolute Gasteiger partial charge is 0.348 e. The van der Waals surface area contributed by atoms with Crippen LogP contribution in [0.1, 0.15) is 24.8 Å². The van der Waals surface area contributed by atoms with E-state index < -0.39 is 23.6 Å². The summed E-state index contributed by atoms with van der Waals surface area (Å²) in [4.78, 5) is 36.4. The van der Waals surface area contributed by atoms with Gasteiger partial charge in [-0.3, -0.25) is 14.4 Å². The van der Waals surface area contributed by atoms with Crippen LogP contribution in [0.15, 0.2) is 24.3 Å². The third-order valence-corrected chi connectivity index (χ3v) is 3.74. The zero-order valence-electron chi connectivity index (χ0n) is 13.4. The van der Waals surface area contributed by atoms with E-state index in [2.05, 4.69) is 10.6 Å². The number of likely N-dealkylation sites (tertiary alicyclic amines) is 1. The van der Waals surface area contributed by atoms with E-state index in [0.717, 1.165) is 30.7 Å². The molecule has 1 aliphatic heterocycles. The van der Waals surface area contributed by atoms with Gasteiger partial charge in [0, 0.05) is 31.7 Å². The highest BCUT2D eigenvalue weighted by atomic mass is 19.4. The van der Waals surface area contributed by atoms with Crippen molar-refractivity contribution >= 4 is 23.4 Å². The number of benzene rings is 1. The average Bonchev–Trinajstić information content (AvgIpc) is 2.96. The number of halogens is 3. The van der Waals surface area contributed by atoms with Crippen molar-refractivity contribution in [1.29, 1.82) is 0 Å². The second kappa shape index (κ2) is 8.00. The van der Waals surface area contributed by atoms with Gasteiger partial charge in [0.05, 0.1) is 5.56 Å². The third kappa shape index (κ3) is 5.47. The molecule has 0 bridgehead atoms. The Morgan fingerprint density at radius 1 is 1.12 bits per heavy atom. The van der Waals surface area contributed by atoms with Gasteiger partial charge in [-0.2, -0.15) is 13.2 Å². The van der Waals surface area contributed by atoms with Crippen molar-refractivity contribution in [3.05, 3.63) is 29.8 Å². The maximum Gasteiger partial charge on any atom is 0.416 e. The van der Waals surface area contributed by atoms with Crippen molar-refractivity contribution in [2.24, 2.45) is 0 Å². The molecular formula is C16H18F3N3O3. The van der Waals surface area contributed by atoms with Crippen molar-refractivity contribution < 1.29 is 27.6 Å². The van der Waals surface area contributed by atoms with E-state index in [4.69, 9.17) is 0 Å². The fraction of sp³-hybridized carbons (Fsp3) is 0.438. The van der Waals surface area contributed by atoms with Crippen molar-refractivity contribution in [3.8, 4) is 0 Å². The van der Waals surface area contributed by atoms with Crippen LogP contribution < -0.4 is 10.6 Å². The number of carbonyl (C=O) groups is 3. The van der Waals surface area contributed by atoms with Crippen LogP contribution in [0.4, 0.5) is 18.9 Å². The van der Waals surface area contributed by atoms with Gasteiger partial charge in [-0.15, -0.1) is 0 Å². The molecule has 0 unspecified atom stereocenters. The van der Waals surface area contributed by atoms with Crippen molar-refractivity contribution in [3.63, 3.8) is 0 Å². The summed E-state index contributed by atoms with van der Waals surface area (Å²) in [7, 11) is 0. The summed E-state index contributed by atoms with van der Waals surface area (Å²) in [5, 5.41) is 4.63. The first-order valence-corrected chi connectivity index (χ1v) is 7.81. The summed E-state index contributed by atoms with van der Waals surface area (Å²) in [6.45, 7) is 1.45.